The number of hydrogen-bond acceptors (Lipinski definition) is 6. The third-order valence-corrected chi connectivity index (χ3v) is 8.50. The van der Waals surface area contributed by atoms with E-state index in [4.69, 9.17) is 27.2 Å². The highest BCUT2D eigenvalue weighted by atomic mass is 79.9. The largest absolute Gasteiger partial charge is 0.490 e. The van der Waals surface area contributed by atoms with Crippen LogP contribution in [-0.2, 0) is 11.3 Å². The van der Waals surface area contributed by atoms with Crippen LogP contribution in [-0.4, -0.2) is 34.2 Å². The standard InChI is InChI=1S/C18H17BrClF2N3S2.C2HF3O2/c19-14-15-16(27-17(14)13-10(23)4-1-5-18(13,21)22)11(7-12(20)25-15)24-8-9-3-2-6-26-9;3-2(4,5)1(6)7/h2-3,6-7,10,13H,1,4-5,8,23H2,(H,24,25);(H,6,7)/t10-,13-;/m0./s1. The van der Waals surface area contributed by atoms with Gasteiger partial charge >= 0.3 is 12.1 Å². The number of aromatic nitrogens is 1. The number of carbonyl (C=O) groups is 1. The van der Waals surface area contributed by atoms with Crippen molar-refractivity contribution >= 4 is 72.1 Å². The molecule has 1 saturated carbocycles. The topological polar surface area (TPSA) is 88.2 Å². The van der Waals surface area contributed by atoms with Crippen LogP contribution in [0.2, 0.25) is 5.15 Å². The van der Waals surface area contributed by atoms with Crippen LogP contribution in [0, 0.1) is 0 Å². The summed E-state index contributed by atoms with van der Waals surface area (Å²) in [5, 5.41) is 12.8. The molecule has 14 heteroatoms. The quantitative estimate of drug-likeness (QED) is 0.215. The summed E-state index contributed by atoms with van der Waals surface area (Å²) in [6.07, 6.45) is -4.17. The van der Waals surface area contributed by atoms with E-state index in [1.807, 2.05) is 17.5 Å². The lowest BCUT2D eigenvalue weighted by Gasteiger charge is -2.35. The Bertz CT molecular complexity index is 1160. The van der Waals surface area contributed by atoms with Crippen LogP contribution in [0.4, 0.5) is 27.6 Å². The first-order chi connectivity index (χ1) is 15.8. The number of halogens is 7. The molecular weight excluding hydrogens is 589 g/mol. The zero-order valence-corrected chi connectivity index (χ0v) is 21.1. The molecule has 4 N–H and O–H groups in total. The van der Waals surface area contributed by atoms with Gasteiger partial charge in [-0.05, 0) is 40.2 Å². The van der Waals surface area contributed by atoms with Gasteiger partial charge in [-0.3, -0.25) is 0 Å². The van der Waals surface area contributed by atoms with Gasteiger partial charge in [-0.1, -0.05) is 17.7 Å². The highest BCUT2D eigenvalue weighted by Crippen LogP contribution is 2.51. The summed E-state index contributed by atoms with van der Waals surface area (Å²) in [7, 11) is 0. The van der Waals surface area contributed by atoms with Gasteiger partial charge in [0.1, 0.15) is 5.15 Å². The van der Waals surface area contributed by atoms with Crippen LogP contribution in [0.1, 0.15) is 34.9 Å². The molecule has 3 aromatic rings. The minimum atomic E-state index is -5.08. The molecule has 34 heavy (non-hydrogen) atoms. The molecule has 2 atom stereocenters. The fourth-order valence-corrected chi connectivity index (χ4v) is 6.66. The van der Waals surface area contributed by atoms with E-state index in [1.165, 1.54) is 16.2 Å². The highest BCUT2D eigenvalue weighted by molar-refractivity contribution is 9.10. The average molecular weight is 607 g/mol. The van der Waals surface area contributed by atoms with E-state index in [-0.39, 0.29) is 6.42 Å². The van der Waals surface area contributed by atoms with Crippen LogP contribution in [0.15, 0.2) is 28.1 Å². The predicted octanol–water partition coefficient (Wildman–Crippen LogP) is 7.25. The van der Waals surface area contributed by atoms with E-state index >= 15 is 0 Å². The first-order valence-corrected chi connectivity index (χ1v) is 12.7. The summed E-state index contributed by atoms with van der Waals surface area (Å²) in [6.45, 7) is 0.636. The molecular formula is C20H18BrClF5N3O2S2. The van der Waals surface area contributed by atoms with E-state index in [1.54, 1.807) is 17.4 Å². The Kier molecular flexibility index (Phi) is 8.44. The molecule has 5 nitrogen and oxygen atoms in total. The van der Waals surface area contributed by atoms with Crippen molar-refractivity contribution in [2.45, 2.75) is 49.9 Å². The Morgan fingerprint density at radius 1 is 1.41 bits per heavy atom. The number of fused-ring (bicyclic) bond motifs is 1. The smallest absolute Gasteiger partial charge is 0.475 e. The fourth-order valence-electron chi connectivity index (χ4n) is 3.55. The van der Waals surface area contributed by atoms with E-state index in [9.17, 15) is 22.0 Å². The lowest BCUT2D eigenvalue weighted by atomic mass is 9.81. The minimum Gasteiger partial charge on any atom is -0.475 e. The van der Waals surface area contributed by atoms with Crippen molar-refractivity contribution in [2.24, 2.45) is 5.73 Å². The summed E-state index contributed by atoms with van der Waals surface area (Å²) in [6, 6.07) is 5.19. The zero-order valence-electron chi connectivity index (χ0n) is 17.1. The van der Waals surface area contributed by atoms with Crippen molar-refractivity contribution in [1.29, 1.82) is 0 Å². The summed E-state index contributed by atoms with van der Waals surface area (Å²) < 4.78 is 62.5. The number of aliphatic carboxylic acids is 1. The molecule has 1 fully saturated rings. The summed E-state index contributed by atoms with van der Waals surface area (Å²) in [4.78, 5) is 15.0. The molecule has 4 rings (SSSR count). The van der Waals surface area contributed by atoms with Gasteiger partial charge in [0, 0.05) is 34.8 Å². The second kappa shape index (κ2) is 10.6. The number of anilines is 1. The molecule has 0 aliphatic heterocycles. The van der Waals surface area contributed by atoms with Crippen LogP contribution >= 0.6 is 50.2 Å². The summed E-state index contributed by atoms with van der Waals surface area (Å²) in [5.74, 6) is -6.59. The molecule has 0 radical (unpaired) electrons. The lowest BCUT2D eigenvalue weighted by Crippen LogP contribution is -2.43. The van der Waals surface area contributed by atoms with Gasteiger partial charge in [-0.2, -0.15) is 13.2 Å². The Balaban J connectivity index is 0.000000406. The number of carboxylic acid groups (broad SMARTS) is 1. The van der Waals surface area contributed by atoms with Crippen molar-refractivity contribution in [1.82, 2.24) is 4.98 Å². The number of nitrogens with two attached hydrogens (primary N) is 1. The first-order valence-electron chi connectivity index (χ1n) is 9.79. The van der Waals surface area contributed by atoms with Crippen LogP contribution in [0.3, 0.4) is 0 Å². The first kappa shape index (κ1) is 27.1. The molecule has 1 aliphatic carbocycles. The van der Waals surface area contributed by atoms with Gasteiger partial charge in [0.05, 0.1) is 26.3 Å². The number of thiophene rings is 2. The SMILES string of the molecule is N[C@H]1CCCC(F)(F)[C@@H]1c1sc2c(NCc3cccs3)cc(Cl)nc2c1Br.O=C(O)C(F)(F)F. The fraction of sp³-hybridized carbons (Fsp3) is 0.400. The number of rotatable bonds is 4. The molecule has 186 valence electrons. The number of nitrogens with one attached hydrogen (secondary N) is 1. The number of hydrogen-bond donors (Lipinski definition) is 3. The van der Waals surface area contributed by atoms with E-state index in [0.717, 1.165) is 10.4 Å². The second-order valence-corrected chi connectivity index (χ2v) is 10.7. The third-order valence-electron chi connectivity index (χ3n) is 5.07. The Morgan fingerprint density at radius 3 is 2.65 bits per heavy atom. The highest BCUT2D eigenvalue weighted by Gasteiger charge is 2.48. The molecule has 0 bridgehead atoms. The van der Waals surface area contributed by atoms with Crippen LogP contribution < -0.4 is 11.1 Å². The normalized spacial score (nSPS) is 20.0. The van der Waals surface area contributed by atoms with Crippen molar-refractivity contribution in [3.8, 4) is 0 Å². The molecule has 3 heterocycles. The number of alkyl halides is 5. The van der Waals surface area contributed by atoms with Crippen LogP contribution in [0.5, 0.6) is 0 Å². The Hall–Kier alpha value is -1.54. The van der Waals surface area contributed by atoms with Crippen LogP contribution in [0.25, 0.3) is 10.2 Å². The number of pyridine rings is 1. The predicted molar refractivity (Wildman–Crippen MR) is 127 cm³/mol. The zero-order chi connectivity index (χ0) is 25.3. The Morgan fingerprint density at radius 2 is 2.09 bits per heavy atom. The Labute approximate surface area is 212 Å². The van der Waals surface area contributed by atoms with Gasteiger partial charge in [-0.15, -0.1) is 22.7 Å². The third kappa shape index (κ3) is 6.17. The monoisotopic (exact) mass is 605 g/mol. The molecule has 0 aromatic carbocycles. The lowest BCUT2D eigenvalue weighted by molar-refractivity contribution is -0.192. The molecule has 0 amide bonds. The minimum absolute atomic E-state index is 0.135. The second-order valence-electron chi connectivity index (χ2n) is 7.48. The van der Waals surface area contributed by atoms with E-state index in [0.29, 0.717) is 39.4 Å². The van der Waals surface area contributed by atoms with Crippen molar-refractivity contribution in [3.05, 3.63) is 43.0 Å². The van der Waals surface area contributed by atoms with Crippen molar-refractivity contribution in [2.75, 3.05) is 5.32 Å². The summed E-state index contributed by atoms with van der Waals surface area (Å²) >= 11 is 12.7. The van der Waals surface area contributed by atoms with Gasteiger partial charge in [0.2, 0.25) is 0 Å². The molecule has 0 saturated heterocycles. The van der Waals surface area contributed by atoms with E-state index < -0.39 is 30.0 Å². The maximum atomic E-state index is 14.7. The van der Waals surface area contributed by atoms with Gasteiger partial charge in [0.15, 0.2) is 0 Å². The van der Waals surface area contributed by atoms with Gasteiger partial charge in [-0.25, -0.2) is 18.6 Å². The maximum absolute atomic E-state index is 14.7. The average Bonchev–Trinajstić information content (AvgIpc) is 3.34. The number of carboxylic acids is 1. The summed E-state index contributed by atoms with van der Waals surface area (Å²) in [5.41, 5.74) is 7.51. The van der Waals surface area contributed by atoms with Gasteiger partial charge in [0.25, 0.3) is 5.92 Å². The number of nitrogens with zero attached hydrogens (tertiary/aromatic N) is 1. The molecule has 1 aliphatic rings. The molecule has 0 spiro atoms. The van der Waals surface area contributed by atoms with E-state index in [2.05, 4.69) is 26.2 Å². The molecule has 0 unspecified atom stereocenters. The van der Waals surface area contributed by atoms with Crippen molar-refractivity contribution in [3.63, 3.8) is 0 Å². The maximum Gasteiger partial charge on any atom is 0.490 e. The molecule has 3 aromatic heterocycles. The van der Waals surface area contributed by atoms with Gasteiger partial charge < -0.3 is 16.2 Å². The van der Waals surface area contributed by atoms with Crippen molar-refractivity contribution < 1.29 is 31.9 Å².